The molecule has 0 saturated carbocycles. The van der Waals surface area contributed by atoms with Crippen molar-refractivity contribution < 1.29 is 14.3 Å². The number of aromatic nitrogens is 4. The first-order valence-electron chi connectivity index (χ1n) is 10.1. The van der Waals surface area contributed by atoms with E-state index in [0.717, 1.165) is 27.8 Å². The van der Waals surface area contributed by atoms with Crippen LogP contribution in [0.5, 0.6) is 0 Å². The molecular weight excluding hydrogens is 428 g/mol. The molecule has 5 rings (SSSR count). The van der Waals surface area contributed by atoms with E-state index in [9.17, 15) is 9.90 Å². The first kappa shape index (κ1) is 21.8. The molecule has 2 N–H and O–H groups in total. The van der Waals surface area contributed by atoms with Gasteiger partial charge in [0, 0.05) is 49.2 Å². The summed E-state index contributed by atoms with van der Waals surface area (Å²) in [5.41, 5.74) is 4.07. The summed E-state index contributed by atoms with van der Waals surface area (Å²) in [5, 5.41) is 18.3. The highest BCUT2D eigenvalue weighted by Gasteiger charge is 2.25. The number of benzene rings is 1. The van der Waals surface area contributed by atoms with Crippen molar-refractivity contribution in [3.8, 4) is 11.5 Å². The van der Waals surface area contributed by atoms with E-state index in [2.05, 4.69) is 25.3 Å². The lowest BCUT2D eigenvalue weighted by Gasteiger charge is -2.21. The van der Waals surface area contributed by atoms with Crippen molar-refractivity contribution in [1.29, 1.82) is 0 Å². The third kappa shape index (κ3) is 4.19. The Morgan fingerprint density at radius 1 is 1.31 bits per heavy atom. The number of hydrogen-bond acceptors (Lipinski definition) is 7. The summed E-state index contributed by atoms with van der Waals surface area (Å²) in [6.45, 7) is 3.10. The lowest BCUT2D eigenvalue weighted by molar-refractivity contribution is 0.102. The Hall–Kier alpha value is -3.37. The Morgan fingerprint density at radius 3 is 2.91 bits per heavy atom. The average Bonchev–Trinajstić information content (AvgIpc) is 3.46. The zero-order valence-corrected chi connectivity index (χ0v) is 18.7. The molecule has 10 heteroatoms. The molecule has 1 saturated heterocycles. The van der Waals surface area contributed by atoms with Gasteiger partial charge in [0.15, 0.2) is 5.69 Å². The molecule has 32 heavy (non-hydrogen) atoms. The zero-order valence-electron chi connectivity index (χ0n) is 17.7. The summed E-state index contributed by atoms with van der Waals surface area (Å²) in [6, 6.07) is 7.47. The molecule has 0 spiro atoms. The van der Waals surface area contributed by atoms with Crippen LogP contribution in [-0.2, 0) is 7.05 Å². The minimum absolute atomic E-state index is 0. The number of β-amino-alcohol motifs (C(OH)–C–C–N with tert-alkyl or cyclic N) is 1. The van der Waals surface area contributed by atoms with Crippen LogP contribution in [0.4, 0.5) is 11.4 Å². The molecule has 0 bridgehead atoms. The Morgan fingerprint density at radius 2 is 2.16 bits per heavy atom. The summed E-state index contributed by atoms with van der Waals surface area (Å²) in [5.74, 6) is -0.00809. The van der Waals surface area contributed by atoms with Crippen molar-refractivity contribution >= 4 is 41.7 Å². The third-order valence-corrected chi connectivity index (χ3v) is 5.37. The fourth-order valence-corrected chi connectivity index (χ4v) is 3.88. The van der Waals surface area contributed by atoms with Crippen molar-refractivity contribution in [1.82, 2.24) is 19.7 Å². The predicted octanol–water partition coefficient (Wildman–Crippen LogP) is 2.87. The number of nitrogens with zero attached hydrogens (tertiary/aromatic N) is 5. The minimum Gasteiger partial charge on any atom is -0.444 e. The number of nitrogens with one attached hydrogen (secondary N) is 1. The lowest BCUT2D eigenvalue weighted by Crippen LogP contribution is -2.23. The lowest BCUT2D eigenvalue weighted by atomic mass is 10.2. The second kappa shape index (κ2) is 8.64. The highest BCUT2D eigenvalue weighted by Crippen LogP contribution is 2.33. The second-order valence-electron chi connectivity index (χ2n) is 7.80. The van der Waals surface area contributed by atoms with E-state index in [-0.39, 0.29) is 31.2 Å². The van der Waals surface area contributed by atoms with Gasteiger partial charge in [0.05, 0.1) is 23.0 Å². The molecule has 4 heterocycles. The molecule has 1 atom stereocenters. The van der Waals surface area contributed by atoms with E-state index >= 15 is 0 Å². The topological polar surface area (TPSA) is 109 Å². The highest BCUT2D eigenvalue weighted by atomic mass is 32.1. The van der Waals surface area contributed by atoms with E-state index in [0.29, 0.717) is 31.1 Å². The number of rotatable bonds is 4. The fraction of sp³-hybridized carbons (Fsp3) is 0.273. The number of carbonyl (C=O) groups is 1. The fourth-order valence-electron chi connectivity index (χ4n) is 3.88. The molecule has 166 valence electrons. The van der Waals surface area contributed by atoms with Gasteiger partial charge in [0.1, 0.15) is 6.26 Å². The summed E-state index contributed by atoms with van der Waals surface area (Å²) in [7, 11) is 1.86. The number of aryl methyl sites for hydroxylation is 2. The Kier molecular flexibility index (Phi) is 5.90. The molecule has 0 radical (unpaired) electrons. The molecule has 1 aliphatic rings. The number of fused-ring (bicyclic) bond motifs is 1. The van der Waals surface area contributed by atoms with Crippen molar-refractivity contribution in [2.75, 3.05) is 23.3 Å². The van der Waals surface area contributed by atoms with Crippen LogP contribution in [0.3, 0.4) is 0 Å². The van der Waals surface area contributed by atoms with Crippen molar-refractivity contribution in [3.05, 3.63) is 54.3 Å². The van der Waals surface area contributed by atoms with Gasteiger partial charge in [-0.15, -0.1) is 0 Å². The molecule has 4 aromatic rings. The smallest absolute Gasteiger partial charge is 0.277 e. The number of amides is 1. The first-order chi connectivity index (χ1) is 15.0. The average molecular weight is 453 g/mol. The van der Waals surface area contributed by atoms with Gasteiger partial charge in [-0.3, -0.25) is 14.5 Å². The predicted molar refractivity (Wildman–Crippen MR) is 126 cm³/mol. The standard InChI is InChI=1S/C22H22N6O3.H2S/c1-13-7-14(3-5-23-13)22-25-19(12-31-22)21(30)24-18-8-15-10-27(2)26-17(15)9-20(18)28-6-4-16(29)11-28;/h3,5,7-10,12,16,29H,4,6,11H2,1-2H3,(H,24,30);1H2/t16-;/m0./s1. The van der Waals surface area contributed by atoms with Gasteiger partial charge in [0.2, 0.25) is 5.89 Å². The van der Waals surface area contributed by atoms with E-state index in [1.165, 1.54) is 6.26 Å². The molecule has 9 nitrogen and oxygen atoms in total. The van der Waals surface area contributed by atoms with Crippen molar-refractivity contribution in [3.63, 3.8) is 0 Å². The van der Waals surface area contributed by atoms with Crippen LogP contribution in [0.15, 0.2) is 47.3 Å². The van der Waals surface area contributed by atoms with Crippen LogP contribution in [0.2, 0.25) is 0 Å². The summed E-state index contributed by atoms with van der Waals surface area (Å²) < 4.78 is 7.26. The summed E-state index contributed by atoms with van der Waals surface area (Å²) in [6.07, 6.45) is 5.22. The molecule has 1 aromatic carbocycles. The third-order valence-electron chi connectivity index (χ3n) is 5.37. The van der Waals surface area contributed by atoms with Gasteiger partial charge in [-0.2, -0.15) is 18.6 Å². The maximum Gasteiger partial charge on any atom is 0.277 e. The van der Waals surface area contributed by atoms with Crippen LogP contribution in [0.1, 0.15) is 22.6 Å². The minimum atomic E-state index is -0.384. The number of hydrogen-bond donors (Lipinski definition) is 2. The number of pyridine rings is 1. The van der Waals surface area contributed by atoms with Crippen molar-refractivity contribution in [2.45, 2.75) is 19.4 Å². The second-order valence-corrected chi connectivity index (χ2v) is 7.80. The van der Waals surface area contributed by atoms with Gasteiger partial charge in [-0.25, -0.2) is 4.98 Å². The molecule has 0 unspecified atom stereocenters. The maximum atomic E-state index is 13.0. The molecule has 3 aromatic heterocycles. The monoisotopic (exact) mass is 452 g/mol. The molecular formula is C22H24N6O3S. The van der Waals surface area contributed by atoms with E-state index in [4.69, 9.17) is 4.42 Å². The summed E-state index contributed by atoms with van der Waals surface area (Å²) in [4.78, 5) is 23.5. The van der Waals surface area contributed by atoms with Crippen LogP contribution in [0, 0.1) is 6.92 Å². The van der Waals surface area contributed by atoms with E-state index in [1.807, 2.05) is 38.4 Å². The van der Waals surface area contributed by atoms with Crippen molar-refractivity contribution in [2.24, 2.45) is 7.05 Å². The summed E-state index contributed by atoms with van der Waals surface area (Å²) >= 11 is 0. The number of carbonyl (C=O) groups excluding carboxylic acids is 1. The maximum absolute atomic E-state index is 13.0. The number of aliphatic hydroxyl groups excluding tert-OH is 1. The van der Waals surface area contributed by atoms with Crippen LogP contribution < -0.4 is 10.2 Å². The molecule has 0 aliphatic carbocycles. The van der Waals surface area contributed by atoms with Gasteiger partial charge >= 0.3 is 0 Å². The molecule has 1 amide bonds. The molecule has 1 fully saturated rings. The van der Waals surface area contributed by atoms with Crippen LogP contribution in [-0.4, -0.2) is 50.0 Å². The van der Waals surface area contributed by atoms with E-state index in [1.54, 1.807) is 16.9 Å². The van der Waals surface area contributed by atoms with Gasteiger partial charge < -0.3 is 19.7 Å². The van der Waals surface area contributed by atoms with Crippen LogP contribution >= 0.6 is 13.5 Å². The Balaban J connectivity index is 0.00000245. The Bertz CT molecular complexity index is 1280. The molecule has 1 aliphatic heterocycles. The number of anilines is 2. The first-order valence-corrected chi connectivity index (χ1v) is 10.1. The van der Waals surface area contributed by atoms with Crippen LogP contribution in [0.25, 0.3) is 22.4 Å². The number of aliphatic hydroxyl groups is 1. The highest BCUT2D eigenvalue weighted by molar-refractivity contribution is 7.59. The number of oxazole rings is 1. The van der Waals surface area contributed by atoms with Gasteiger partial charge in [0.25, 0.3) is 5.91 Å². The normalized spacial score (nSPS) is 15.7. The van der Waals surface area contributed by atoms with E-state index < -0.39 is 0 Å². The largest absolute Gasteiger partial charge is 0.444 e. The quantitative estimate of drug-likeness (QED) is 0.490. The SMILES string of the molecule is Cc1cc(-c2nc(C(=O)Nc3cc4cn(C)nc4cc3N3CC[C@H](O)C3)co2)ccn1.S. The van der Waals surface area contributed by atoms with Gasteiger partial charge in [-0.05, 0) is 37.6 Å². The van der Waals surface area contributed by atoms with Gasteiger partial charge in [-0.1, -0.05) is 0 Å². The zero-order chi connectivity index (χ0) is 21.5. The Labute approximate surface area is 191 Å².